The number of carbonyl (C=O) groups is 1. The van der Waals surface area contributed by atoms with Crippen LogP contribution in [0.5, 0.6) is 0 Å². The molecule has 0 atom stereocenters. The molecule has 0 aliphatic carbocycles. The lowest BCUT2D eigenvalue weighted by atomic mass is 10.2. The quantitative estimate of drug-likeness (QED) is 0.866. The van der Waals surface area contributed by atoms with Gasteiger partial charge in [-0.1, -0.05) is 0 Å². The third kappa shape index (κ3) is 3.68. The zero-order valence-corrected chi connectivity index (χ0v) is 14.1. The molecule has 3 rings (SSSR count). The minimum atomic E-state index is -3.44. The van der Waals surface area contributed by atoms with Crippen molar-refractivity contribution in [2.24, 2.45) is 0 Å². The lowest BCUT2D eigenvalue weighted by Crippen LogP contribution is -2.28. The number of furan rings is 1. The summed E-state index contributed by atoms with van der Waals surface area (Å²) in [6, 6.07) is 7.95. The van der Waals surface area contributed by atoms with Crippen molar-refractivity contribution in [3.63, 3.8) is 0 Å². The van der Waals surface area contributed by atoms with Crippen molar-refractivity contribution in [2.75, 3.05) is 19.6 Å². The lowest BCUT2D eigenvalue weighted by Gasteiger charge is -2.15. The molecule has 7 heteroatoms. The van der Waals surface area contributed by atoms with E-state index in [1.807, 2.05) is 6.07 Å². The Morgan fingerprint density at radius 3 is 2.46 bits per heavy atom. The van der Waals surface area contributed by atoms with Crippen LogP contribution in [0.3, 0.4) is 0 Å². The summed E-state index contributed by atoms with van der Waals surface area (Å²) in [6.07, 6.45) is 5.72. The second-order valence-corrected chi connectivity index (χ2v) is 7.71. The molecule has 2 heterocycles. The molecule has 1 N–H and O–H groups in total. The first-order valence-corrected chi connectivity index (χ1v) is 9.41. The van der Waals surface area contributed by atoms with Gasteiger partial charge >= 0.3 is 0 Å². The summed E-state index contributed by atoms with van der Waals surface area (Å²) < 4.78 is 31.3. The fourth-order valence-electron chi connectivity index (χ4n) is 2.71. The van der Waals surface area contributed by atoms with E-state index in [2.05, 4.69) is 5.32 Å². The molecule has 0 unspecified atom stereocenters. The molecule has 6 nitrogen and oxygen atoms in total. The molecule has 2 aromatic rings. The van der Waals surface area contributed by atoms with Crippen molar-refractivity contribution < 1.29 is 17.6 Å². The number of amides is 1. The lowest BCUT2D eigenvalue weighted by molar-refractivity contribution is 0.0954. The average Bonchev–Trinajstić information content (AvgIpc) is 3.29. The van der Waals surface area contributed by atoms with Crippen LogP contribution in [0.1, 0.15) is 28.8 Å². The first-order valence-electron chi connectivity index (χ1n) is 7.97. The van der Waals surface area contributed by atoms with Gasteiger partial charge in [-0.3, -0.25) is 4.79 Å². The second-order valence-electron chi connectivity index (χ2n) is 5.77. The van der Waals surface area contributed by atoms with E-state index >= 15 is 0 Å². The fourth-order valence-corrected chi connectivity index (χ4v) is 4.23. The number of benzene rings is 1. The number of sulfonamides is 1. The van der Waals surface area contributed by atoms with E-state index in [0.717, 1.165) is 18.4 Å². The number of hydrogen-bond acceptors (Lipinski definition) is 4. The van der Waals surface area contributed by atoms with Crippen LogP contribution >= 0.6 is 0 Å². The predicted molar refractivity (Wildman–Crippen MR) is 89.2 cm³/mol. The highest BCUT2D eigenvalue weighted by molar-refractivity contribution is 7.89. The Kier molecular flexibility index (Phi) is 5.01. The summed E-state index contributed by atoms with van der Waals surface area (Å²) >= 11 is 0. The second kappa shape index (κ2) is 7.19. The Morgan fingerprint density at radius 2 is 1.83 bits per heavy atom. The van der Waals surface area contributed by atoms with Gasteiger partial charge < -0.3 is 9.73 Å². The summed E-state index contributed by atoms with van der Waals surface area (Å²) in [5.41, 5.74) is 1.46. The van der Waals surface area contributed by atoms with E-state index in [-0.39, 0.29) is 10.8 Å². The average molecular weight is 348 g/mol. The molecule has 0 bridgehead atoms. The molecule has 128 valence electrons. The number of nitrogens with one attached hydrogen (secondary N) is 1. The van der Waals surface area contributed by atoms with Gasteiger partial charge in [0.2, 0.25) is 10.0 Å². The van der Waals surface area contributed by atoms with E-state index < -0.39 is 10.0 Å². The first kappa shape index (κ1) is 16.7. The Bertz CT molecular complexity index is 777. The third-order valence-electron chi connectivity index (χ3n) is 4.10. The topological polar surface area (TPSA) is 79.6 Å². The maximum atomic E-state index is 12.4. The van der Waals surface area contributed by atoms with Crippen molar-refractivity contribution in [2.45, 2.75) is 24.2 Å². The molecule has 0 spiro atoms. The van der Waals surface area contributed by atoms with Crippen molar-refractivity contribution in [3.05, 3.63) is 54.0 Å². The molecule has 24 heavy (non-hydrogen) atoms. The fraction of sp³-hybridized carbons (Fsp3) is 0.353. The van der Waals surface area contributed by atoms with Gasteiger partial charge in [-0.15, -0.1) is 0 Å². The van der Waals surface area contributed by atoms with Gasteiger partial charge in [-0.25, -0.2) is 8.42 Å². The molecule has 1 aliphatic heterocycles. The summed E-state index contributed by atoms with van der Waals surface area (Å²) in [5.74, 6) is -0.219. The number of hydrogen-bond donors (Lipinski definition) is 1. The number of nitrogens with zero attached hydrogens (tertiary/aromatic N) is 1. The molecule has 0 saturated carbocycles. The van der Waals surface area contributed by atoms with Crippen molar-refractivity contribution in [3.8, 4) is 0 Å². The molecule has 1 saturated heterocycles. The van der Waals surface area contributed by atoms with Crippen LogP contribution in [0.25, 0.3) is 0 Å². The van der Waals surface area contributed by atoms with Crippen LogP contribution in [0, 0.1) is 0 Å². The molecule has 1 fully saturated rings. The monoisotopic (exact) mass is 348 g/mol. The highest BCUT2D eigenvalue weighted by atomic mass is 32.2. The van der Waals surface area contributed by atoms with E-state index in [4.69, 9.17) is 4.42 Å². The first-order chi connectivity index (χ1) is 11.6. The molecule has 1 amide bonds. The third-order valence-corrected chi connectivity index (χ3v) is 6.01. The highest BCUT2D eigenvalue weighted by Gasteiger charge is 2.27. The minimum absolute atomic E-state index is 0.219. The number of rotatable bonds is 6. The highest BCUT2D eigenvalue weighted by Crippen LogP contribution is 2.21. The SMILES string of the molecule is O=C(NCCc1ccoc1)c1ccc(S(=O)(=O)N2CCCC2)cc1. The predicted octanol–water partition coefficient (Wildman–Crippen LogP) is 2.04. The van der Waals surface area contributed by atoms with Crippen LogP contribution < -0.4 is 5.32 Å². The molecular formula is C17H20N2O4S. The zero-order chi connectivity index (χ0) is 17.0. The van der Waals surface area contributed by atoms with Crippen LogP contribution in [0.15, 0.2) is 52.2 Å². The Morgan fingerprint density at radius 1 is 1.12 bits per heavy atom. The Hall–Kier alpha value is -2.12. The molecular weight excluding hydrogens is 328 g/mol. The molecule has 0 radical (unpaired) electrons. The van der Waals surface area contributed by atoms with Gasteiger partial charge in [-0.2, -0.15) is 4.31 Å². The summed E-state index contributed by atoms with van der Waals surface area (Å²) in [6.45, 7) is 1.63. The Labute approximate surface area is 141 Å². The van der Waals surface area contributed by atoms with E-state index in [1.54, 1.807) is 24.7 Å². The summed E-state index contributed by atoms with van der Waals surface area (Å²) in [4.78, 5) is 12.3. The molecule has 1 aliphatic rings. The maximum absolute atomic E-state index is 12.4. The van der Waals surface area contributed by atoms with Crippen LogP contribution in [-0.2, 0) is 16.4 Å². The van der Waals surface area contributed by atoms with Gasteiger partial charge in [0.1, 0.15) is 0 Å². The summed E-state index contributed by atoms with van der Waals surface area (Å²) in [7, 11) is -3.44. The standard InChI is InChI=1S/C17H20N2O4S/c20-17(18-9-7-14-8-12-23-13-14)15-3-5-16(6-4-15)24(21,22)19-10-1-2-11-19/h3-6,8,12-13H,1-2,7,9-11H2,(H,18,20). The van der Waals surface area contributed by atoms with Crippen molar-refractivity contribution in [1.82, 2.24) is 9.62 Å². The van der Waals surface area contributed by atoms with E-state index in [9.17, 15) is 13.2 Å². The number of carbonyl (C=O) groups excluding carboxylic acids is 1. The van der Waals surface area contributed by atoms with Gasteiger partial charge in [0.15, 0.2) is 0 Å². The van der Waals surface area contributed by atoms with Crippen molar-refractivity contribution in [1.29, 1.82) is 0 Å². The minimum Gasteiger partial charge on any atom is -0.472 e. The van der Waals surface area contributed by atoms with Crippen LogP contribution in [0.4, 0.5) is 0 Å². The van der Waals surface area contributed by atoms with Gasteiger partial charge in [0.05, 0.1) is 17.4 Å². The van der Waals surface area contributed by atoms with Gasteiger partial charge in [-0.05, 0) is 55.2 Å². The smallest absolute Gasteiger partial charge is 0.251 e. The molecule has 1 aromatic heterocycles. The normalized spacial score (nSPS) is 15.5. The van der Waals surface area contributed by atoms with Gasteiger partial charge in [0, 0.05) is 25.2 Å². The van der Waals surface area contributed by atoms with Crippen LogP contribution in [0.2, 0.25) is 0 Å². The maximum Gasteiger partial charge on any atom is 0.251 e. The van der Waals surface area contributed by atoms with Crippen molar-refractivity contribution >= 4 is 15.9 Å². The summed E-state index contributed by atoms with van der Waals surface area (Å²) in [5, 5.41) is 2.81. The van der Waals surface area contributed by atoms with E-state index in [1.165, 1.54) is 16.4 Å². The van der Waals surface area contributed by atoms with Crippen LogP contribution in [-0.4, -0.2) is 38.3 Å². The zero-order valence-electron chi connectivity index (χ0n) is 13.3. The van der Waals surface area contributed by atoms with Gasteiger partial charge in [0.25, 0.3) is 5.91 Å². The molecule has 1 aromatic carbocycles. The van der Waals surface area contributed by atoms with E-state index in [0.29, 0.717) is 31.6 Å². The Balaban J connectivity index is 1.60. The largest absolute Gasteiger partial charge is 0.472 e.